The number of sulfonamides is 1. The molecule has 0 saturated carbocycles. The average Bonchev–Trinajstić information content (AvgIpc) is 2.45. The first-order valence-electron chi connectivity index (χ1n) is 6.09. The number of rotatable bonds is 5. The van der Waals surface area contributed by atoms with Gasteiger partial charge in [0.1, 0.15) is 23.1 Å². The third-order valence-corrected chi connectivity index (χ3v) is 3.94. The third-order valence-electron chi connectivity index (χ3n) is 2.63. The predicted molar refractivity (Wildman–Crippen MR) is 77.0 cm³/mol. The largest absolute Gasteiger partial charge is 0.335 e. The first kappa shape index (κ1) is 15.2. The molecule has 0 saturated heterocycles. The lowest BCUT2D eigenvalue weighted by Gasteiger charge is -2.09. The van der Waals surface area contributed by atoms with Crippen molar-refractivity contribution >= 4 is 27.2 Å². The molecule has 8 heteroatoms. The molecule has 1 aromatic heterocycles. The minimum atomic E-state index is -3.39. The molecule has 0 aliphatic carbocycles. The number of nitrogens with one attached hydrogen (secondary N) is 2. The smallest absolute Gasteiger partial charge is 0.232 e. The van der Waals surface area contributed by atoms with Gasteiger partial charge in [-0.3, -0.25) is 4.72 Å². The van der Waals surface area contributed by atoms with Crippen molar-refractivity contribution in [2.75, 3.05) is 15.8 Å². The van der Waals surface area contributed by atoms with E-state index in [9.17, 15) is 17.2 Å². The second-order valence-corrected chi connectivity index (χ2v) is 6.17. The zero-order valence-electron chi connectivity index (χ0n) is 11.1. The maximum Gasteiger partial charge on any atom is 0.232 e. The standard InChI is InChI=1S/C13H13F2N3O2S/c1-2-21(19,20)18-9-6-7-12(16-8-9)17-13-10(14)4-3-5-11(13)15/h3-8,18H,2H2,1H3,(H,16,17). The van der Waals surface area contributed by atoms with Gasteiger partial charge in [-0.25, -0.2) is 22.2 Å². The molecule has 0 unspecified atom stereocenters. The molecule has 0 fully saturated rings. The van der Waals surface area contributed by atoms with Crippen LogP contribution in [0, 0.1) is 11.6 Å². The van der Waals surface area contributed by atoms with Crippen LogP contribution in [0.4, 0.5) is 26.0 Å². The average molecular weight is 313 g/mol. The van der Waals surface area contributed by atoms with E-state index in [0.29, 0.717) is 0 Å². The maximum absolute atomic E-state index is 13.5. The number of para-hydroxylation sites is 1. The van der Waals surface area contributed by atoms with Gasteiger partial charge >= 0.3 is 0 Å². The molecule has 2 aromatic rings. The normalized spacial score (nSPS) is 11.2. The molecule has 21 heavy (non-hydrogen) atoms. The summed E-state index contributed by atoms with van der Waals surface area (Å²) in [6, 6.07) is 6.36. The van der Waals surface area contributed by atoms with E-state index in [1.165, 1.54) is 31.3 Å². The lowest BCUT2D eigenvalue weighted by atomic mass is 10.3. The Bertz CT molecular complexity index is 713. The Morgan fingerprint density at radius 1 is 1.14 bits per heavy atom. The Labute approximate surface area is 121 Å². The molecular weight excluding hydrogens is 300 g/mol. The number of pyridine rings is 1. The van der Waals surface area contributed by atoms with E-state index in [0.717, 1.165) is 12.1 Å². The van der Waals surface area contributed by atoms with Gasteiger partial charge in [-0.05, 0) is 31.2 Å². The lowest BCUT2D eigenvalue weighted by molar-refractivity contribution is 0.590. The topological polar surface area (TPSA) is 71.1 Å². The van der Waals surface area contributed by atoms with Gasteiger partial charge in [0, 0.05) is 0 Å². The predicted octanol–water partition coefficient (Wildman–Crippen LogP) is 2.87. The summed E-state index contributed by atoms with van der Waals surface area (Å²) in [5.74, 6) is -1.36. The van der Waals surface area contributed by atoms with Gasteiger partial charge in [0.15, 0.2) is 0 Å². The van der Waals surface area contributed by atoms with Crippen molar-refractivity contribution in [3.63, 3.8) is 0 Å². The van der Waals surface area contributed by atoms with Crippen molar-refractivity contribution < 1.29 is 17.2 Å². The number of hydrogen-bond donors (Lipinski definition) is 2. The molecule has 0 bridgehead atoms. The molecule has 0 aliphatic rings. The molecule has 0 atom stereocenters. The second-order valence-electron chi connectivity index (χ2n) is 4.16. The van der Waals surface area contributed by atoms with Gasteiger partial charge < -0.3 is 5.32 Å². The van der Waals surface area contributed by atoms with Gasteiger partial charge in [-0.1, -0.05) is 6.07 Å². The van der Waals surface area contributed by atoms with E-state index >= 15 is 0 Å². The van der Waals surface area contributed by atoms with E-state index in [4.69, 9.17) is 0 Å². The van der Waals surface area contributed by atoms with Crippen molar-refractivity contribution in [1.29, 1.82) is 0 Å². The Morgan fingerprint density at radius 2 is 1.81 bits per heavy atom. The van der Waals surface area contributed by atoms with Gasteiger partial charge in [-0.2, -0.15) is 0 Å². The number of halogens is 2. The Kier molecular flexibility index (Phi) is 4.37. The number of hydrogen-bond acceptors (Lipinski definition) is 4. The van der Waals surface area contributed by atoms with E-state index in [1.807, 2.05) is 0 Å². The van der Waals surface area contributed by atoms with Gasteiger partial charge in [0.2, 0.25) is 10.0 Å². The first-order chi connectivity index (χ1) is 9.91. The Balaban J connectivity index is 2.17. The Morgan fingerprint density at radius 3 is 2.33 bits per heavy atom. The summed E-state index contributed by atoms with van der Waals surface area (Å²) >= 11 is 0. The zero-order chi connectivity index (χ0) is 15.5. The van der Waals surface area contributed by atoms with Crippen LogP contribution >= 0.6 is 0 Å². The number of anilines is 3. The summed E-state index contributed by atoms with van der Waals surface area (Å²) in [4.78, 5) is 3.90. The third kappa shape index (κ3) is 3.88. The fraction of sp³-hybridized carbons (Fsp3) is 0.154. The fourth-order valence-electron chi connectivity index (χ4n) is 1.53. The molecule has 0 radical (unpaired) electrons. The van der Waals surface area contributed by atoms with Crippen LogP contribution in [-0.4, -0.2) is 19.2 Å². The first-order valence-corrected chi connectivity index (χ1v) is 7.74. The molecule has 2 rings (SSSR count). The van der Waals surface area contributed by atoms with Gasteiger partial charge in [0.05, 0.1) is 17.6 Å². The summed E-state index contributed by atoms with van der Waals surface area (Å²) in [5, 5.41) is 2.51. The quantitative estimate of drug-likeness (QED) is 0.890. The monoisotopic (exact) mass is 313 g/mol. The van der Waals surface area contributed by atoms with Crippen LogP contribution < -0.4 is 10.0 Å². The maximum atomic E-state index is 13.5. The molecule has 1 heterocycles. The van der Waals surface area contributed by atoms with Crippen LogP contribution in [0.2, 0.25) is 0 Å². The molecule has 5 nitrogen and oxygen atoms in total. The molecule has 2 N–H and O–H groups in total. The SMILES string of the molecule is CCS(=O)(=O)Nc1ccc(Nc2c(F)cccc2F)nc1. The van der Waals surface area contributed by atoms with E-state index in [2.05, 4.69) is 15.0 Å². The molecule has 1 aromatic carbocycles. The Hall–Kier alpha value is -2.22. The van der Waals surface area contributed by atoms with Crippen molar-refractivity contribution in [3.8, 4) is 0 Å². The fourth-order valence-corrected chi connectivity index (χ4v) is 2.15. The summed E-state index contributed by atoms with van der Waals surface area (Å²) in [6.07, 6.45) is 1.26. The van der Waals surface area contributed by atoms with Crippen molar-refractivity contribution in [2.45, 2.75) is 6.92 Å². The molecule has 0 spiro atoms. The highest BCUT2D eigenvalue weighted by Gasteiger charge is 2.10. The molecule has 0 aliphatic heterocycles. The summed E-state index contributed by atoms with van der Waals surface area (Å²) in [5.41, 5.74) is -0.0386. The minimum absolute atomic E-state index is 0.0621. The second kappa shape index (κ2) is 6.04. The summed E-state index contributed by atoms with van der Waals surface area (Å²) in [6.45, 7) is 1.51. The summed E-state index contributed by atoms with van der Waals surface area (Å²) in [7, 11) is -3.39. The number of nitrogens with zero attached hydrogens (tertiary/aromatic N) is 1. The number of aromatic nitrogens is 1. The van der Waals surface area contributed by atoms with Crippen LogP contribution in [0.1, 0.15) is 6.92 Å². The van der Waals surface area contributed by atoms with Crippen LogP contribution in [0.3, 0.4) is 0 Å². The van der Waals surface area contributed by atoms with Crippen molar-refractivity contribution in [1.82, 2.24) is 4.98 Å². The lowest BCUT2D eigenvalue weighted by Crippen LogP contribution is -2.14. The van der Waals surface area contributed by atoms with Crippen molar-refractivity contribution in [2.24, 2.45) is 0 Å². The van der Waals surface area contributed by atoms with Crippen molar-refractivity contribution in [3.05, 3.63) is 48.2 Å². The van der Waals surface area contributed by atoms with Gasteiger partial charge in [0.25, 0.3) is 0 Å². The van der Waals surface area contributed by atoms with Gasteiger partial charge in [-0.15, -0.1) is 0 Å². The van der Waals surface area contributed by atoms with E-state index in [1.54, 1.807) is 0 Å². The van der Waals surface area contributed by atoms with Crippen LogP contribution in [0.25, 0.3) is 0 Å². The highest BCUT2D eigenvalue weighted by Crippen LogP contribution is 2.22. The highest BCUT2D eigenvalue weighted by atomic mass is 32.2. The van der Waals surface area contributed by atoms with E-state index in [-0.39, 0.29) is 22.9 Å². The van der Waals surface area contributed by atoms with Crippen LogP contribution in [0.15, 0.2) is 36.5 Å². The van der Waals surface area contributed by atoms with Crippen LogP contribution in [0.5, 0.6) is 0 Å². The molecule has 0 amide bonds. The van der Waals surface area contributed by atoms with E-state index < -0.39 is 21.7 Å². The molecular formula is C13H13F2N3O2S. The summed E-state index contributed by atoms with van der Waals surface area (Å²) < 4.78 is 52.0. The number of benzene rings is 1. The minimum Gasteiger partial charge on any atom is -0.335 e. The highest BCUT2D eigenvalue weighted by molar-refractivity contribution is 7.92. The molecule has 112 valence electrons. The zero-order valence-corrected chi connectivity index (χ0v) is 11.9. The van der Waals surface area contributed by atoms with Crippen LogP contribution in [-0.2, 0) is 10.0 Å².